The zero-order valence-corrected chi connectivity index (χ0v) is 10.7. The van der Waals surface area contributed by atoms with Crippen LogP contribution >= 0.6 is 0 Å². The molecule has 1 aromatic carbocycles. The molecule has 0 aliphatic heterocycles. The summed E-state index contributed by atoms with van der Waals surface area (Å²) >= 11 is 0. The molecule has 0 aliphatic carbocycles. The highest BCUT2D eigenvalue weighted by molar-refractivity contribution is 5.91. The van der Waals surface area contributed by atoms with Crippen LogP contribution in [0.2, 0.25) is 0 Å². The molecular formula is C14H18O3. The lowest BCUT2D eigenvalue weighted by Crippen LogP contribution is -2.23. The Kier molecular flexibility index (Phi) is 3.94. The van der Waals surface area contributed by atoms with Gasteiger partial charge in [-0.2, -0.15) is 0 Å². The minimum atomic E-state index is -0.375. The SMILES string of the molecule is CC(=O)C=Cc1ccc(O)c(OC(C)(C)C)c1. The van der Waals surface area contributed by atoms with E-state index in [1.54, 1.807) is 24.3 Å². The maximum absolute atomic E-state index is 10.8. The lowest BCUT2D eigenvalue weighted by Gasteiger charge is -2.22. The summed E-state index contributed by atoms with van der Waals surface area (Å²) in [5.74, 6) is 0.500. The Labute approximate surface area is 102 Å². The van der Waals surface area contributed by atoms with Gasteiger partial charge in [-0.1, -0.05) is 12.1 Å². The lowest BCUT2D eigenvalue weighted by molar-refractivity contribution is -0.112. The van der Waals surface area contributed by atoms with Gasteiger partial charge in [0.25, 0.3) is 0 Å². The number of hydrogen-bond acceptors (Lipinski definition) is 3. The predicted molar refractivity (Wildman–Crippen MR) is 68.2 cm³/mol. The minimum absolute atomic E-state index is 0.0173. The average Bonchev–Trinajstić information content (AvgIpc) is 2.17. The van der Waals surface area contributed by atoms with Crippen LogP contribution in [0.4, 0.5) is 0 Å². The number of carbonyl (C=O) groups excluding carboxylic acids is 1. The van der Waals surface area contributed by atoms with Crippen molar-refractivity contribution in [2.75, 3.05) is 0 Å². The molecule has 92 valence electrons. The molecule has 1 N–H and O–H groups in total. The summed E-state index contributed by atoms with van der Waals surface area (Å²) in [6.07, 6.45) is 3.17. The van der Waals surface area contributed by atoms with Crippen LogP contribution < -0.4 is 4.74 Å². The predicted octanol–water partition coefficient (Wildman–Crippen LogP) is 3.17. The van der Waals surface area contributed by atoms with Gasteiger partial charge >= 0.3 is 0 Å². The van der Waals surface area contributed by atoms with Crippen molar-refractivity contribution in [1.29, 1.82) is 0 Å². The standard InChI is InChI=1S/C14H18O3/c1-10(15)5-6-11-7-8-12(16)13(9-11)17-14(2,3)4/h5-9,16H,1-4H3. The van der Waals surface area contributed by atoms with Crippen molar-refractivity contribution >= 4 is 11.9 Å². The first kappa shape index (κ1) is 13.3. The van der Waals surface area contributed by atoms with Crippen LogP contribution in [-0.2, 0) is 4.79 Å². The quantitative estimate of drug-likeness (QED) is 0.817. The molecule has 0 aromatic heterocycles. The third kappa shape index (κ3) is 4.72. The van der Waals surface area contributed by atoms with E-state index in [2.05, 4.69) is 0 Å². The van der Waals surface area contributed by atoms with Crippen LogP contribution in [0.25, 0.3) is 6.08 Å². The first-order chi connectivity index (χ1) is 7.78. The summed E-state index contributed by atoms with van der Waals surface area (Å²) < 4.78 is 5.61. The first-order valence-electron chi connectivity index (χ1n) is 5.48. The van der Waals surface area contributed by atoms with E-state index in [1.807, 2.05) is 20.8 Å². The fourth-order valence-electron chi connectivity index (χ4n) is 1.26. The highest BCUT2D eigenvalue weighted by Crippen LogP contribution is 2.30. The molecule has 1 rings (SSSR count). The van der Waals surface area contributed by atoms with Gasteiger partial charge in [0.1, 0.15) is 5.60 Å². The minimum Gasteiger partial charge on any atom is -0.504 e. The van der Waals surface area contributed by atoms with E-state index in [0.717, 1.165) is 5.56 Å². The van der Waals surface area contributed by atoms with Gasteiger partial charge in [0.2, 0.25) is 0 Å². The average molecular weight is 234 g/mol. The van der Waals surface area contributed by atoms with E-state index >= 15 is 0 Å². The Bertz CT molecular complexity index is 439. The number of aromatic hydroxyl groups is 1. The van der Waals surface area contributed by atoms with Gasteiger partial charge in [0.15, 0.2) is 17.3 Å². The second-order valence-corrected chi connectivity index (χ2v) is 4.89. The number of carbonyl (C=O) groups is 1. The molecule has 0 atom stereocenters. The number of rotatable bonds is 3. The number of ether oxygens (including phenoxy) is 1. The van der Waals surface area contributed by atoms with Crippen LogP contribution in [0.15, 0.2) is 24.3 Å². The third-order valence-electron chi connectivity index (χ3n) is 1.91. The number of ketones is 1. The Morgan fingerprint density at radius 1 is 1.35 bits per heavy atom. The molecule has 17 heavy (non-hydrogen) atoms. The summed E-state index contributed by atoms with van der Waals surface area (Å²) in [7, 11) is 0. The number of phenolic OH excluding ortho intramolecular Hbond substituents is 1. The van der Waals surface area contributed by atoms with Crippen molar-refractivity contribution in [2.24, 2.45) is 0 Å². The van der Waals surface area contributed by atoms with Crippen molar-refractivity contribution in [3.05, 3.63) is 29.8 Å². The fraction of sp³-hybridized carbons (Fsp3) is 0.357. The van der Waals surface area contributed by atoms with E-state index in [0.29, 0.717) is 5.75 Å². The van der Waals surface area contributed by atoms with Gasteiger partial charge in [-0.15, -0.1) is 0 Å². The van der Waals surface area contributed by atoms with Gasteiger partial charge in [0.05, 0.1) is 0 Å². The summed E-state index contributed by atoms with van der Waals surface area (Å²) in [4.78, 5) is 10.8. The molecule has 0 radical (unpaired) electrons. The lowest BCUT2D eigenvalue weighted by atomic mass is 10.1. The van der Waals surface area contributed by atoms with Crippen molar-refractivity contribution in [1.82, 2.24) is 0 Å². The Hall–Kier alpha value is -1.77. The van der Waals surface area contributed by atoms with Gasteiger partial charge in [0, 0.05) is 0 Å². The van der Waals surface area contributed by atoms with Gasteiger partial charge in [-0.3, -0.25) is 4.79 Å². The molecule has 0 saturated heterocycles. The van der Waals surface area contributed by atoms with Crippen LogP contribution in [-0.4, -0.2) is 16.5 Å². The molecule has 0 heterocycles. The second kappa shape index (κ2) is 5.04. The molecular weight excluding hydrogens is 216 g/mol. The fourth-order valence-corrected chi connectivity index (χ4v) is 1.26. The van der Waals surface area contributed by atoms with Crippen molar-refractivity contribution in [3.63, 3.8) is 0 Å². The maximum atomic E-state index is 10.8. The molecule has 0 aliphatic rings. The summed E-state index contributed by atoms with van der Waals surface area (Å²) in [6.45, 7) is 7.21. The number of benzene rings is 1. The molecule has 0 spiro atoms. The normalized spacial score (nSPS) is 11.8. The summed E-state index contributed by atoms with van der Waals surface area (Å²) in [6, 6.07) is 4.99. The van der Waals surface area contributed by atoms with Gasteiger partial charge in [-0.05, 0) is 51.5 Å². The van der Waals surface area contributed by atoms with E-state index in [1.165, 1.54) is 13.0 Å². The summed E-state index contributed by atoms with van der Waals surface area (Å²) in [5.41, 5.74) is 0.442. The van der Waals surface area contributed by atoms with E-state index in [-0.39, 0.29) is 17.1 Å². The van der Waals surface area contributed by atoms with Crippen LogP contribution in [0, 0.1) is 0 Å². The molecule has 0 bridgehead atoms. The maximum Gasteiger partial charge on any atom is 0.162 e. The second-order valence-electron chi connectivity index (χ2n) is 4.89. The highest BCUT2D eigenvalue weighted by atomic mass is 16.5. The van der Waals surface area contributed by atoms with Crippen LogP contribution in [0.1, 0.15) is 33.3 Å². The zero-order chi connectivity index (χ0) is 13.1. The molecule has 3 heteroatoms. The van der Waals surface area contributed by atoms with E-state index in [4.69, 9.17) is 4.74 Å². The Balaban J connectivity index is 2.98. The van der Waals surface area contributed by atoms with Crippen LogP contribution in [0.5, 0.6) is 11.5 Å². The molecule has 0 fully saturated rings. The zero-order valence-electron chi connectivity index (χ0n) is 10.7. The van der Waals surface area contributed by atoms with E-state index < -0.39 is 0 Å². The monoisotopic (exact) mass is 234 g/mol. The van der Waals surface area contributed by atoms with Crippen molar-refractivity contribution < 1.29 is 14.6 Å². The van der Waals surface area contributed by atoms with Crippen molar-refractivity contribution in [2.45, 2.75) is 33.3 Å². The Morgan fingerprint density at radius 2 is 2.00 bits per heavy atom. The number of phenols is 1. The molecule has 0 amide bonds. The number of hydrogen-bond donors (Lipinski definition) is 1. The number of allylic oxidation sites excluding steroid dienone is 1. The topological polar surface area (TPSA) is 46.5 Å². The molecule has 0 unspecified atom stereocenters. The Morgan fingerprint density at radius 3 is 2.53 bits per heavy atom. The van der Waals surface area contributed by atoms with E-state index in [9.17, 15) is 9.90 Å². The third-order valence-corrected chi connectivity index (χ3v) is 1.91. The smallest absolute Gasteiger partial charge is 0.162 e. The molecule has 3 nitrogen and oxygen atoms in total. The van der Waals surface area contributed by atoms with Gasteiger partial charge in [-0.25, -0.2) is 0 Å². The largest absolute Gasteiger partial charge is 0.504 e. The van der Waals surface area contributed by atoms with Crippen molar-refractivity contribution in [3.8, 4) is 11.5 Å². The molecule has 0 saturated carbocycles. The first-order valence-corrected chi connectivity index (χ1v) is 5.48. The van der Waals surface area contributed by atoms with Gasteiger partial charge < -0.3 is 9.84 Å². The van der Waals surface area contributed by atoms with Crippen LogP contribution in [0.3, 0.4) is 0 Å². The molecule has 1 aromatic rings. The highest BCUT2D eigenvalue weighted by Gasteiger charge is 2.14. The summed E-state index contributed by atoms with van der Waals surface area (Å²) in [5, 5.41) is 9.66.